The van der Waals surface area contributed by atoms with Gasteiger partial charge in [0.15, 0.2) is 0 Å². The van der Waals surface area contributed by atoms with Crippen LogP contribution in [0.25, 0.3) is 0 Å². The van der Waals surface area contributed by atoms with Crippen molar-refractivity contribution in [1.29, 1.82) is 0 Å². The van der Waals surface area contributed by atoms with Gasteiger partial charge in [-0.15, -0.1) is 0 Å². The molecule has 0 N–H and O–H groups in total. The van der Waals surface area contributed by atoms with E-state index in [1.54, 1.807) is 0 Å². The van der Waals surface area contributed by atoms with Gasteiger partial charge in [0.2, 0.25) is 5.91 Å². The summed E-state index contributed by atoms with van der Waals surface area (Å²) < 4.78 is 1.09. The predicted octanol–water partition coefficient (Wildman–Crippen LogP) is 4.55. The van der Waals surface area contributed by atoms with Crippen LogP contribution in [0.2, 0.25) is 0 Å². The van der Waals surface area contributed by atoms with E-state index in [2.05, 4.69) is 58.9 Å². The van der Waals surface area contributed by atoms with Crippen molar-refractivity contribution in [3.63, 3.8) is 0 Å². The maximum Gasteiger partial charge on any atom is 0.226 e. The largest absolute Gasteiger partial charge is 0.335 e. The quantitative estimate of drug-likeness (QED) is 0.796. The summed E-state index contributed by atoms with van der Waals surface area (Å²) in [5.74, 6) is 0.534. The minimum Gasteiger partial charge on any atom is -0.335 e. The van der Waals surface area contributed by atoms with Gasteiger partial charge in [-0.1, -0.05) is 41.9 Å². The topological polar surface area (TPSA) is 20.3 Å². The molecule has 0 radical (unpaired) electrons. The molecule has 1 aliphatic rings. The summed E-state index contributed by atoms with van der Waals surface area (Å²) >= 11 is 3.46. The molecular weight excluding hydrogens is 302 g/mol. The number of hydrogen-bond acceptors (Lipinski definition) is 1. The zero-order chi connectivity index (χ0) is 13.8. The molecule has 0 spiro atoms. The van der Waals surface area contributed by atoms with Crippen molar-refractivity contribution in [2.24, 2.45) is 5.92 Å². The van der Waals surface area contributed by atoms with Crippen molar-refractivity contribution in [3.05, 3.63) is 34.3 Å². The Hall–Kier alpha value is -0.830. The normalized spacial score (nSPS) is 19.2. The molecular formula is C16H22BrNO. The number of halogens is 1. The first-order valence-electron chi connectivity index (χ1n) is 7.23. The molecule has 1 heterocycles. The molecule has 1 atom stereocenters. The highest BCUT2D eigenvalue weighted by Crippen LogP contribution is 2.34. The van der Waals surface area contributed by atoms with E-state index in [0.717, 1.165) is 36.7 Å². The number of carbonyl (C=O) groups excluding carboxylic acids is 1. The summed E-state index contributed by atoms with van der Waals surface area (Å²) in [5.41, 5.74) is 1.26. The summed E-state index contributed by atoms with van der Waals surface area (Å²) in [5, 5.41) is 0. The van der Waals surface area contributed by atoms with E-state index < -0.39 is 0 Å². The fourth-order valence-electron chi connectivity index (χ4n) is 2.93. The molecule has 1 aromatic carbocycles. The lowest BCUT2D eigenvalue weighted by atomic mass is 9.99. The Balaban J connectivity index is 2.16. The third kappa shape index (κ3) is 3.19. The van der Waals surface area contributed by atoms with Gasteiger partial charge in [0, 0.05) is 16.9 Å². The van der Waals surface area contributed by atoms with Crippen molar-refractivity contribution in [2.45, 2.75) is 45.6 Å². The van der Waals surface area contributed by atoms with Crippen LogP contribution in [0.4, 0.5) is 0 Å². The Bertz CT molecular complexity index is 425. The van der Waals surface area contributed by atoms with Crippen LogP contribution in [0.3, 0.4) is 0 Å². The Morgan fingerprint density at radius 1 is 1.32 bits per heavy atom. The second-order valence-corrected chi connectivity index (χ2v) is 6.17. The first-order valence-corrected chi connectivity index (χ1v) is 8.02. The number of nitrogens with zero attached hydrogens (tertiary/aromatic N) is 1. The third-order valence-corrected chi connectivity index (χ3v) is 4.65. The van der Waals surface area contributed by atoms with Crippen molar-refractivity contribution < 1.29 is 4.79 Å². The standard InChI is InChI=1S/C16H22BrNO/c1-3-12(4-2)16(19)18-11-5-6-15(18)13-7-9-14(17)10-8-13/h7-10,12,15H,3-6,11H2,1-2H3. The second-order valence-electron chi connectivity index (χ2n) is 5.25. The van der Waals surface area contributed by atoms with Gasteiger partial charge >= 0.3 is 0 Å². The van der Waals surface area contributed by atoms with Gasteiger partial charge in [0.25, 0.3) is 0 Å². The van der Waals surface area contributed by atoms with E-state index >= 15 is 0 Å². The summed E-state index contributed by atoms with van der Waals surface area (Å²) in [6, 6.07) is 8.67. The Labute approximate surface area is 124 Å². The smallest absolute Gasteiger partial charge is 0.226 e. The van der Waals surface area contributed by atoms with Crippen LogP contribution in [0.5, 0.6) is 0 Å². The average Bonchev–Trinajstić information content (AvgIpc) is 2.90. The second kappa shape index (κ2) is 6.56. The molecule has 1 aliphatic heterocycles. The Morgan fingerprint density at radius 3 is 2.53 bits per heavy atom. The molecule has 2 nitrogen and oxygen atoms in total. The molecule has 1 amide bonds. The number of benzene rings is 1. The van der Waals surface area contributed by atoms with Crippen LogP contribution >= 0.6 is 15.9 Å². The molecule has 1 fully saturated rings. The zero-order valence-electron chi connectivity index (χ0n) is 11.7. The number of rotatable bonds is 4. The highest BCUT2D eigenvalue weighted by molar-refractivity contribution is 9.10. The molecule has 19 heavy (non-hydrogen) atoms. The third-order valence-electron chi connectivity index (χ3n) is 4.13. The Morgan fingerprint density at radius 2 is 1.95 bits per heavy atom. The first-order chi connectivity index (χ1) is 9.17. The lowest BCUT2D eigenvalue weighted by molar-refractivity contribution is -0.136. The minimum atomic E-state index is 0.191. The lowest BCUT2D eigenvalue weighted by Crippen LogP contribution is -2.35. The molecule has 3 heteroatoms. The molecule has 1 aromatic rings. The van der Waals surface area contributed by atoms with Crippen molar-refractivity contribution in [3.8, 4) is 0 Å². The predicted molar refractivity (Wildman–Crippen MR) is 81.9 cm³/mol. The van der Waals surface area contributed by atoms with Crippen LogP contribution in [-0.4, -0.2) is 17.4 Å². The van der Waals surface area contributed by atoms with Crippen molar-refractivity contribution in [1.82, 2.24) is 4.90 Å². The molecule has 1 unspecified atom stereocenters. The fraction of sp³-hybridized carbons (Fsp3) is 0.562. The minimum absolute atomic E-state index is 0.191. The summed E-state index contributed by atoms with van der Waals surface area (Å²) in [7, 11) is 0. The monoisotopic (exact) mass is 323 g/mol. The van der Waals surface area contributed by atoms with Crippen LogP contribution < -0.4 is 0 Å². The highest BCUT2D eigenvalue weighted by atomic mass is 79.9. The first kappa shape index (κ1) is 14.6. The molecule has 0 aliphatic carbocycles. The summed E-state index contributed by atoms with van der Waals surface area (Å²) in [6.07, 6.45) is 4.10. The molecule has 2 rings (SSSR count). The van der Waals surface area contributed by atoms with Crippen LogP contribution in [0, 0.1) is 5.92 Å². The SMILES string of the molecule is CCC(CC)C(=O)N1CCCC1c1ccc(Br)cc1. The van der Waals surface area contributed by atoms with E-state index in [4.69, 9.17) is 0 Å². The molecule has 104 valence electrons. The highest BCUT2D eigenvalue weighted by Gasteiger charge is 2.32. The van der Waals surface area contributed by atoms with E-state index in [-0.39, 0.29) is 12.0 Å². The molecule has 0 bridgehead atoms. The van der Waals surface area contributed by atoms with Gasteiger partial charge in [-0.3, -0.25) is 4.79 Å². The maximum atomic E-state index is 12.6. The molecule has 0 saturated carbocycles. The number of likely N-dealkylation sites (tertiary alicyclic amines) is 1. The van der Waals surface area contributed by atoms with E-state index in [1.807, 2.05) is 0 Å². The maximum absolute atomic E-state index is 12.6. The number of carbonyl (C=O) groups is 1. The number of amides is 1. The summed E-state index contributed by atoms with van der Waals surface area (Å²) in [4.78, 5) is 14.7. The zero-order valence-corrected chi connectivity index (χ0v) is 13.3. The van der Waals surface area contributed by atoms with Gasteiger partial charge in [0.05, 0.1) is 6.04 Å². The lowest BCUT2D eigenvalue weighted by Gasteiger charge is -2.28. The molecule has 1 saturated heterocycles. The van der Waals surface area contributed by atoms with Crippen LogP contribution in [0.15, 0.2) is 28.7 Å². The van der Waals surface area contributed by atoms with E-state index in [1.165, 1.54) is 5.56 Å². The number of hydrogen-bond donors (Lipinski definition) is 0. The average molecular weight is 324 g/mol. The fourth-order valence-corrected chi connectivity index (χ4v) is 3.20. The van der Waals surface area contributed by atoms with Crippen LogP contribution in [-0.2, 0) is 4.79 Å². The van der Waals surface area contributed by atoms with E-state index in [0.29, 0.717) is 5.91 Å². The summed E-state index contributed by atoms with van der Waals surface area (Å²) in [6.45, 7) is 5.13. The van der Waals surface area contributed by atoms with Crippen LogP contribution in [0.1, 0.15) is 51.1 Å². The van der Waals surface area contributed by atoms with Gasteiger partial charge < -0.3 is 4.90 Å². The Kier molecular flexibility index (Phi) is 5.03. The van der Waals surface area contributed by atoms with E-state index in [9.17, 15) is 4.79 Å². The van der Waals surface area contributed by atoms with Gasteiger partial charge in [-0.05, 0) is 43.4 Å². The van der Waals surface area contributed by atoms with Gasteiger partial charge in [-0.25, -0.2) is 0 Å². The van der Waals surface area contributed by atoms with Crippen molar-refractivity contribution in [2.75, 3.05) is 6.54 Å². The van der Waals surface area contributed by atoms with Gasteiger partial charge in [-0.2, -0.15) is 0 Å². The van der Waals surface area contributed by atoms with Gasteiger partial charge in [0.1, 0.15) is 0 Å². The van der Waals surface area contributed by atoms with Crippen molar-refractivity contribution >= 4 is 21.8 Å². The molecule has 0 aromatic heterocycles.